The van der Waals surface area contributed by atoms with E-state index in [1.165, 1.54) is 19.1 Å². The highest BCUT2D eigenvalue weighted by Gasteiger charge is 2.78. The average Bonchev–Trinajstić information content (AvgIpc) is 2.93. The number of esters is 1. The molecule has 4 rings (SSSR count). The molecule has 0 saturated heterocycles. The molecule has 3 saturated carbocycles. The van der Waals surface area contributed by atoms with Crippen molar-refractivity contribution in [2.45, 2.75) is 76.9 Å². The third kappa shape index (κ3) is 2.50. The van der Waals surface area contributed by atoms with Crippen LogP contribution in [-0.2, 0) is 19.1 Å². The Labute approximate surface area is 185 Å². The summed E-state index contributed by atoms with van der Waals surface area (Å²) in [6, 6.07) is 0. The third-order valence-corrected chi connectivity index (χ3v) is 9.05. The Morgan fingerprint density at radius 3 is 2.50 bits per heavy atom. The number of hydrogen-bond acceptors (Lipinski definition) is 5. The van der Waals surface area contributed by atoms with Crippen molar-refractivity contribution in [3.8, 4) is 0 Å². The molecule has 4 aliphatic carbocycles. The van der Waals surface area contributed by atoms with Gasteiger partial charge < -0.3 is 14.9 Å². The summed E-state index contributed by atoms with van der Waals surface area (Å²) >= 11 is 0. The lowest BCUT2D eigenvalue weighted by molar-refractivity contribution is -0.237. The maximum Gasteiger partial charge on any atom is 0.349 e. The Kier molecular flexibility index (Phi) is 5.02. The number of hydrogen-bond donors (Lipinski definition) is 2. The zero-order chi connectivity index (χ0) is 23.9. The summed E-state index contributed by atoms with van der Waals surface area (Å²) < 4.78 is 38.1. The molecule has 0 aliphatic heterocycles. The molecule has 3 fully saturated rings. The topological polar surface area (TPSA) is 101 Å². The summed E-state index contributed by atoms with van der Waals surface area (Å²) in [4.78, 5) is 36.7. The number of aliphatic hydroxyl groups is 1. The fourth-order valence-corrected chi connectivity index (χ4v) is 7.49. The van der Waals surface area contributed by atoms with Crippen molar-refractivity contribution in [3.63, 3.8) is 0 Å². The minimum atomic E-state index is -2.30. The van der Waals surface area contributed by atoms with Crippen molar-refractivity contribution < 1.29 is 38.1 Å². The third-order valence-electron chi connectivity index (χ3n) is 9.05. The van der Waals surface area contributed by atoms with E-state index in [0.717, 1.165) is 6.08 Å². The Morgan fingerprint density at radius 2 is 1.91 bits per heavy atom. The van der Waals surface area contributed by atoms with Gasteiger partial charge in [-0.15, -0.1) is 0 Å². The number of aliphatic carboxylic acids is 1. The Balaban J connectivity index is 1.87. The van der Waals surface area contributed by atoms with E-state index in [0.29, 0.717) is 0 Å². The first-order valence-electron chi connectivity index (χ1n) is 11.2. The number of carbonyl (C=O) groups excluding carboxylic acids is 2. The molecule has 0 spiro atoms. The molecule has 9 atom stereocenters. The summed E-state index contributed by atoms with van der Waals surface area (Å²) in [6.07, 6.45) is 0.0529. The van der Waals surface area contributed by atoms with Crippen LogP contribution in [0.25, 0.3) is 0 Å². The number of fused-ring (bicyclic) bond motifs is 5. The predicted octanol–water partition coefficient (Wildman–Crippen LogP) is 3.33. The summed E-state index contributed by atoms with van der Waals surface area (Å²) in [7, 11) is 0. The molecule has 6 nitrogen and oxygen atoms in total. The second kappa shape index (κ2) is 6.95. The number of carbonyl (C=O) groups is 3. The quantitative estimate of drug-likeness (QED) is 0.637. The summed E-state index contributed by atoms with van der Waals surface area (Å²) in [5.41, 5.74) is -7.07. The molecule has 8 heteroatoms. The normalized spacial score (nSPS) is 49.5. The van der Waals surface area contributed by atoms with E-state index in [1.807, 2.05) is 0 Å². The average molecular weight is 452 g/mol. The number of allylic oxidation sites excluding steroid dienone is 4. The van der Waals surface area contributed by atoms with Crippen LogP contribution in [0.2, 0.25) is 0 Å². The van der Waals surface area contributed by atoms with Crippen molar-refractivity contribution in [1.82, 2.24) is 0 Å². The number of carboxylic acid groups (broad SMARTS) is 1. The lowest BCUT2D eigenvalue weighted by atomic mass is 9.44. The highest BCUT2D eigenvalue weighted by molar-refractivity contribution is 6.01. The van der Waals surface area contributed by atoms with E-state index >= 15 is 8.78 Å². The van der Waals surface area contributed by atoms with Crippen molar-refractivity contribution in [2.24, 2.45) is 28.6 Å². The van der Waals surface area contributed by atoms with E-state index < -0.39 is 69.9 Å². The van der Waals surface area contributed by atoms with Gasteiger partial charge in [-0.1, -0.05) is 26.8 Å². The van der Waals surface area contributed by atoms with Gasteiger partial charge >= 0.3 is 11.9 Å². The smallest absolute Gasteiger partial charge is 0.349 e. The molecule has 0 amide bonds. The zero-order valence-corrected chi connectivity index (χ0v) is 18.7. The van der Waals surface area contributed by atoms with Crippen LogP contribution in [0.1, 0.15) is 53.4 Å². The maximum atomic E-state index is 17.1. The van der Waals surface area contributed by atoms with Crippen LogP contribution in [0.15, 0.2) is 23.8 Å². The standard InChI is InChI=1S/C24H30F2O6/c1-5-19(29)32-24(20(30)31)12(2)8-14-15-10-17(25)16-9-13(27)6-7-21(16,3)23(15,26)18(28)11-22(14,24)4/h6-7,9,12,14-15,17-18,28H,5,8,10-11H2,1-4H3,(H,30,31)/t12-,14?,15?,17-,18-,21-,22-,23-,24-/m0/s1. The summed E-state index contributed by atoms with van der Waals surface area (Å²) in [6.45, 7) is 6.31. The predicted molar refractivity (Wildman–Crippen MR) is 110 cm³/mol. The molecule has 0 bridgehead atoms. The van der Waals surface area contributed by atoms with E-state index in [4.69, 9.17) is 4.74 Å². The zero-order valence-electron chi connectivity index (χ0n) is 18.7. The number of halogens is 2. The number of rotatable bonds is 3. The van der Waals surface area contributed by atoms with Gasteiger partial charge in [0.05, 0.1) is 6.10 Å². The van der Waals surface area contributed by atoms with Crippen LogP contribution >= 0.6 is 0 Å². The first-order chi connectivity index (χ1) is 14.8. The number of ether oxygens (including phenoxy) is 1. The Bertz CT molecular complexity index is 945. The van der Waals surface area contributed by atoms with Crippen molar-refractivity contribution in [1.29, 1.82) is 0 Å². The number of alkyl halides is 2. The van der Waals surface area contributed by atoms with Gasteiger partial charge in [0, 0.05) is 29.1 Å². The fraction of sp³-hybridized carbons (Fsp3) is 0.708. The Hall–Kier alpha value is -2.09. The second-order valence-corrected chi connectivity index (χ2v) is 10.4. The van der Waals surface area contributed by atoms with E-state index in [-0.39, 0.29) is 31.3 Å². The van der Waals surface area contributed by atoms with E-state index in [2.05, 4.69) is 0 Å². The van der Waals surface area contributed by atoms with Crippen LogP contribution in [0.5, 0.6) is 0 Å². The number of carboxylic acids is 1. The molecule has 0 heterocycles. The van der Waals surface area contributed by atoms with Gasteiger partial charge in [-0.2, -0.15) is 0 Å². The van der Waals surface area contributed by atoms with Gasteiger partial charge in [0.1, 0.15) is 6.17 Å². The molecule has 2 unspecified atom stereocenters. The largest absolute Gasteiger partial charge is 0.478 e. The molecule has 32 heavy (non-hydrogen) atoms. The monoisotopic (exact) mass is 452 g/mol. The van der Waals surface area contributed by atoms with Crippen molar-refractivity contribution >= 4 is 17.7 Å². The minimum absolute atomic E-state index is 0.0133. The summed E-state index contributed by atoms with van der Waals surface area (Å²) in [5.74, 6) is -4.78. The lowest BCUT2D eigenvalue weighted by Crippen LogP contribution is -2.71. The van der Waals surface area contributed by atoms with Crippen LogP contribution in [0.4, 0.5) is 8.78 Å². The molecular formula is C24H30F2O6. The molecule has 2 N–H and O–H groups in total. The second-order valence-electron chi connectivity index (χ2n) is 10.4. The molecule has 176 valence electrons. The molecule has 0 aromatic rings. The number of ketones is 1. The Morgan fingerprint density at radius 1 is 1.25 bits per heavy atom. The highest BCUT2D eigenvalue weighted by atomic mass is 19.1. The molecule has 4 aliphatic rings. The fourth-order valence-electron chi connectivity index (χ4n) is 7.49. The SMILES string of the molecule is CCC(=O)O[C@]1(C(=O)O)[C@@H](C)CC2C3C[C@H](F)C4=CC(=O)C=C[C@]4(C)[C@@]3(F)[C@@H](O)C[C@@]21C. The first-order valence-corrected chi connectivity index (χ1v) is 11.2. The van der Waals surface area contributed by atoms with Gasteiger partial charge in [0.15, 0.2) is 11.5 Å². The van der Waals surface area contributed by atoms with Gasteiger partial charge in [-0.3, -0.25) is 9.59 Å². The molecule has 0 radical (unpaired) electrons. The minimum Gasteiger partial charge on any atom is -0.478 e. The molecular weight excluding hydrogens is 422 g/mol. The van der Waals surface area contributed by atoms with Crippen LogP contribution < -0.4 is 0 Å². The van der Waals surface area contributed by atoms with Crippen LogP contribution in [-0.4, -0.2) is 51.5 Å². The van der Waals surface area contributed by atoms with E-state index in [9.17, 15) is 24.6 Å². The van der Waals surface area contributed by atoms with Gasteiger partial charge in [0.25, 0.3) is 0 Å². The first kappa shape index (κ1) is 23.1. The molecule has 0 aromatic carbocycles. The maximum absolute atomic E-state index is 17.1. The van der Waals surface area contributed by atoms with Gasteiger partial charge in [0.2, 0.25) is 5.60 Å². The van der Waals surface area contributed by atoms with Gasteiger partial charge in [-0.25, -0.2) is 13.6 Å². The van der Waals surface area contributed by atoms with E-state index in [1.54, 1.807) is 20.8 Å². The van der Waals surface area contributed by atoms with Crippen molar-refractivity contribution in [2.75, 3.05) is 0 Å². The van der Waals surface area contributed by atoms with Crippen LogP contribution in [0.3, 0.4) is 0 Å². The van der Waals surface area contributed by atoms with Crippen LogP contribution in [0, 0.1) is 28.6 Å². The van der Waals surface area contributed by atoms with Crippen molar-refractivity contribution in [3.05, 3.63) is 23.8 Å². The summed E-state index contributed by atoms with van der Waals surface area (Å²) in [5, 5.41) is 21.5. The van der Waals surface area contributed by atoms with Gasteiger partial charge in [-0.05, 0) is 49.8 Å². The highest BCUT2D eigenvalue weighted by Crippen LogP contribution is 2.71. The molecule has 0 aromatic heterocycles. The number of aliphatic hydroxyl groups excluding tert-OH is 1. The lowest BCUT2D eigenvalue weighted by Gasteiger charge is -2.62.